The Balaban J connectivity index is 2.11. The Morgan fingerprint density at radius 3 is 2.29 bits per heavy atom. The molecule has 4 amide bonds. The van der Waals surface area contributed by atoms with Gasteiger partial charge in [0.05, 0.1) is 62.4 Å². The lowest BCUT2D eigenvalue weighted by atomic mass is 9.93. The highest BCUT2D eigenvalue weighted by molar-refractivity contribution is 6.02. The molecule has 2 rings (SSSR count). The summed E-state index contributed by atoms with van der Waals surface area (Å²) in [5.74, 6) is -1.35. The average molecular weight is 690 g/mol. The van der Waals surface area contributed by atoms with E-state index < -0.39 is 36.3 Å². The normalized spacial score (nSPS) is 18.2. The topological polar surface area (TPSA) is 156 Å². The molecule has 7 atom stereocenters. The maximum atomic E-state index is 13.9. The number of nitrogens with one attached hydrogen (secondary N) is 3. The summed E-state index contributed by atoms with van der Waals surface area (Å²) in [6.45, 7) is 9.56. The summed E-state index contributed by atoms with van der Waals surface area (Å²) >= 11 is 0. The number of ether oxygens (including phenoxy) is 3. The van der Waals surface area contributed by atoms with Gasteiger partial charge in [0.2, 0.25) is 23.6 Å². The third-order valence-electron chi connectivity index (χ3n) is 9.54. The SMILES string of the molecule is CCC[C@@H](C(CC(=O)N1CCCC1C(OC)C(C)C(=O)NC(C)C(=O)c1cccc(OC)c1)OC)N(C)C(=O)CNC(=O)C(NC)C(C)C. The van der Waals surface area contributed by atoms with Gasteiger partial charge in [0.25, 0.3) is 0 Å². The molecule has 0 spiro atoms. The number of hydrogen-bond donors (Lipinski definition) is 3. The molecule has 13 nitrogen and oxygen atoms in total. The number of likely N-dealkylation sites (N-methyl/N-ethyl adjacent to an activating group) is 2. The van der Waals surface area contributed by atoms with Gasteiger partial charge < -0.3 is 40.0 Å². The maximum absolute atomic E-state index is 13.9. The Bertz CT molecular complexity index is 1260. The van der Waals surface area contributed by atoms with E-state index in [4.69, 9.17) is 14.2 Å². The van der Waals surface area contributed by atoms with Crippen LogP contribution in [-0.2, 0) is 28.7 Å². The molecule has 276 valence electrons. The number of hydrogen-bond acceptors (Lipinski definition) is 9. The van der Waals surface area contributed by atoms with E-state index in [1.807, 2.05) is 20.8 Å². The van der Waals surface area contributed by atoms with Crippen molar-refractivity contribution >= 4 is 29.4 Å². The largest absolute Gasteiger partial charge is 0.497 e. The van der Waals surface area contributed by atoms with E-state index in [0.717, 1.165) is 12.8 Å². The average Bonchev–Trinajstić information content (AvgIpc) is 3.58. The number of methoxy groups -OCH3 is 3. The van der Waals surface area contributed by atoms with Gasteiger partial charge in [0.1, 0.15) is 5.75 Å². The highest BCUT2D eigenvalue weighted by atomic mass is 16.5. The zero-order valence-electron chi connectivity index (χ0n) is 31.0. The monoisotopic (exact) mass is 689 g/mol. The highest BCUT2D eigenvalue weighted by Gasteiger charge is 2.41. The van der Waals surface area contributed by atoms with Gasteiger partial charge in [-0.05, 0) is 51.3 Å². The van der Waals surface area contributed by atoms with Crippen molar-refractivity contribution in [2.75, 3.05) is 48.5 Å². The van der Waals surface area contributed by atoms with E-state index >= 15 is 0 Å². The second kappa shape index (κ2) is 20.2. The lowest BCUT2D eigenvalue weighted by molar-refractivity contribution is -0.144. The summed E-state index contributed by atoms with van der Waals surface area (Å²) in [4.78, 5) is 69.5. The summed E-state index contributed by atoms with van der Waals surface area (Å²) in [5.41, 5.74) is 0.426. The van der Waals surface area contributed by atoms with Crippen LogP contribution in [0.25, 0.3) is 0 Å². The predicted molar refractivity (Wildman–Crippen MR) is 187 cm³/mol. The van der Waals surface area contributed by atoms with Crippen molar-refractivity contribution in [2.45, 2.75) is 103 Å². The number of carbonyl (C=O) groups is 5. The number of carbonyl (C=O) groups excluding carboxylic acids is 5. The van der Waals surface area contributed by atoms with Crippen molar-refractivity contribution in [1.29, 1.82) is 0 Å². The lowest BCUT2D eigenvalue weighted by Crippen LogP contribution is -2.54. The van der Waals surface area contributed by atoms with Gasteiger partial charge in [-0.2, -0.15) is 0 Å². The number of rotatable bonds is 20. The minimum atomic E-state index is -0.785. The van der Waals surface area contributed by atoms with E-state index in [1.54, 1.807) is 62.0 Å². The summed E-state index contributed by atoms with van der Waals surface area (Å²) in [6.07, 6.45) is 1.57. The van der Waals surface area contributed by atoms with Gasteiger partial charge in [-0.1, -0.05) is 46.2 Å². The van der Waals surface area contributed by atoms with Gasteiger partial charge in [-0.25, -0.2) is 0 Å². The Morgan fingerprint density at radius 2 is 1.71 bits per heavy atom. The van der Waals surface area contributed by atoms with Crippen molar-refractivity contribution in [3.63, 3.8) is 0 Å². The molecule has 0 saturated carbocycles. The first-order valence-electron chi connectivity index (χ1n) is 17.3. The molecule has 6 unspecified atom stereocenters. The van der Waals surface area contributed by atoms with Crippen molar-refractivity contribution in [3.05, 3.63) is 29.8 Å². The molecule has 0 bridgehead atoms. The van der Waals surface area contributed by atoms with Gasteiger partial charge in [0, 0.05) is 33.4 Å². The van der Waals surface area contributed by atoms with Crippen LogP contribution < -0.4 is 20.7 Å². The van der Waals surface area contributed by atoms with Gasteiger partial charge in [0.15, 0.2) is 5.78 Å². The van der Waals surface area contributed by atoms with E-state index in [0.29, 0.717) is 30.7 Å². The summed E-state index contributed by atoms with van der Waals surface area (Å²) in [5, 5.41) is 8.53. The second-order valence-electron chi connectivity index (χ2n) is 13.2. The molecule has 1 saturated heterocycles. The Labute approximate surface area is 292 Å². The molecule has 1 aromatic rings. The zero-order chi connectivity index (χ0) is 36.8. The number of amides is 4. The van der Waals surface area contributed by atoms with Crippen LogP contribution in [0.15, 0.2) is 24.3 Å². The quantitative estimate of drug-likeness (QED) is 0.175. The molecule has 1 aliphatic rings. The Kier molecular flexibility index (Phi) is 17.2. The Morgan fingerprint density at radius 1 is 1.02 bits per heavy atom. The third kappa shape index (κ3) is 11.2. The van der Waals surface area contributed by atoms with E-state index in [1.165, 1.54) is 21.3 Å². The van der Waals surface area contributed by atoms with Gasteiger partial charge >= 0.3 is 0 Å². The molecule has 0 radical (unpaired) electrons. The van der Waals surface area contributed by atoms with Gasteiger partial charge in [-0.15, -0.1) is 0 Å². The molecule has 49 heavy (non-hydrogen) atoms. The standard InChI is InChI=1S/C36H59N5O8/c1-11-14-27(40(7)31(43)21-38-36(46)32(37-6)22(2)3)29(48-9)20-30(42)41-18-13-17-28(41)34(49-10)23(4)35(45)39-24(5)33(44)25-15-12-16-26(19-25)47-8/h12,15-16,19,22-24,27-29,32,34,37H,11,13-14,17-18,20-21H2,1-10H3,(H,38,46)(H,39,45)/t23?,24?,27-,28?,29?,32?,34?/m0/s1. The molecule has 0 aromatic heterocycles. The van der Waals surface area contributed by atoms with Crippen molar-refractivity contribution in [1.82, 2.24) is 25.8 Å². The first-order valence-corrected chi connectivity index (χ1v) is 17.3. The second-order valence-corrected chi connectivity index (χ2v) is 13.2. The molecule has 1 fully saturated rings. The first-order chi connectivity index (χ1) is 23.2. The van der Waals surface area contributed by atoms with Crippen LogP contribution in [0.1, 0.15) is 77.1 Å². The van der Waals surface area contributed by atoms with Crippen LogP contribution in [0.2, 0.25) is 0 Å². The van der Waals surface area contributed by atoms with Crippen LogP contribution in [0, 0.1) is 11.8 Å². The number of Topliss-reactive ketones (excluding diaryl/α,β-unsaturated/α-hetero) is 1. The van der Waals surface area contributed by atoms with Crippen molar-refractivity contribution in [3.8, 4) is 5.75 Å². The number of nitrogens with zero attached hydrogens (tertiary/aromatic N) is 2. The highest BCUT2D eigenvalue weighted by Crippen LogP contribution is 2.28. The first kappa shape index (κ1) is 41.6. The molecule has 1 heterocycles. The number of ketones is 1. The van der Waals surface area contributed by atoms with Crippen LogP contribution in [0.5, 0.6) is 5.75 Å². The van der Waals surface area contributed by atoms with Gasteiger partial charge in [-0.3, -0.25) is 24.0 Å². The van der Waals surface area contributed by atoms with Crippen molar-refractivity contribution in [2.24, 2.45) is 11.8 Å². The van der Waals surface area contributed by atoms with Crippen LogP contribution >= 0.6 is 0 Å². The molecule has 13 heteroatoms. The smallest absolute Gasteiger partial charge is 0.242 e. The predicted octanol–water partition coefficient (Wildman–Crippen LogP) is 2.42. The lowest BCUT2D eigenvalue weighted by Gasteiger charge is -2.37. The molecular formula is C36H59N5O8. The molecule has 1 aromatic carbocycles. The molecular weight excluding hydrogens is 630 g/mol. The summed E-state index contributed by atoms with van der Waals surface area (Å²) < 4.78 is 16.9. The van der Waals surface area contributed by atoms with E-state index in [9.17, 15) is 24.0 Å². The van der Waals surface area contributed by atoms with Crippen molar-refractivity contribution < 1.29 is 38.2 Å². The fourth-order valence-electron chi connectivity index (χ4n) is 6.66. The molecule has 0 aliphatic carbocycles. The third-order valence-corrected chi connectivity index (χ3v) is 9.54. The van der Waals surface area contributed by atoms with Crippen LogP contribution in [0.3, 0.4) is 0 Å². The Hall–Kier alpha value is -3.55. The fourth-order valence-corrected chi connectivity index (χ4v) is 6.66. The maximum Gasteiger partial charge on any atom is 0.242 e. The molecule has 3 N–H and O–H groups in total. The fraction of sp³-hybridized carbons (Fsp3) is 0.694. The summed E-state index contributed by atoms with van der Waals surface area (Å²) in [7, 11) is 7.95. The number of likely N-dealkylation sites (tertiary alicyclic amines) is 1. The van der Waals surface area contributed by atoms with E-state index in [-0.39, 0.29) is 54.3 Å². The zero-order valence-corrected chi connectivity index (χ0v) is 31.0. The summed E-state index contributed by atoms with van der Waals surface area (Å²) in [6, 6.07) is 4.80. The minimum Gasteiger partial charge on any atom is -0.497 e. The van der Waals surface area contributed by atoms with Crippen LogP contribution in [0.4, 0.5) is 0 Å². The molecule has 1 aliphatic heterocycles. The van der Waals surface area contributed by atoms with Crippen LogP contribution in [-0.4, -0.2) is 124 Å². The van der Waals surface area contributed by atoms with E-state index in [2.05, 4.69) is 16.0 Å². The minimum absolute atomic E-state index is 0.0277. The number of benzene rings is 1.